The fraction of sp³-hybridized carbons (Fsp3) is 0.250. The summed E-state index contributed by atoms with van der Waals surface area (Å²) in [7, 11) is 5.93. The number of hydrogen-bond donors (Lipinski definition) is 1. The van der Waals surface area contributed by atoms with Gasteiger partial charge in [-0.2, -0.15) is 4.89 Å². The molecule has 2 aromatic rings. The molecule has 1 aliphatic rings. The predicted octanol–water partition coefficient (Wildman–Crippen LogP) is 3.37. The van der Waals surface area contributed by atoms with Crippen molar-refractivity contribution >= 4 is 11.8 Å². The van der Waals surface area contributed by atoms with Crippen molar-refractivity contribution in [2.45, 2.75) is 6.42 Å². The molecule has 174 valence electrons. The maximum absolute atomic E-state index is 13.5. The number of ether oxygens (including phenoxy) is 4. The fourth-order valence-corrected chi connectivity index (χ4v) is 3.41. The maximum Gasteiger partial charge on any atom is 0.340 e. The Morgan fingerprint density at radius 2 is 1.58 bits per heavy atom. The Bertz CT molecular complexity index is 1070. The first-order valence-corrected chi connectivity index (χ1v) is 9.87. The van der Waals surface area contributed by atoms with Crippen molar-refractivity contribution in [3.8, 4) is 23.0 Å². The van der Waals surface area contributed by atoms with Gasteiger partial charge in [-0.1, -0.05) is 0 Å². The Kier molecular flexibility index (Phi) is 7.57. The molecule has 0 spiro atoms. The minimum absolute atomic E-state index is 0.00121. The Labute approximate surface area is 190 Å². The summed E-state index contributed by atoms with van der Waals surface area (Å²) >= 11 is 0. The maximum atomic E-state index is 13.5. The summed E-state index contributed by atoms with van der Waals surface area (Å²) < 4.78 is 21.3. The van der Waals surface area contributed by atoms with Crippen LogP contribution in [0, 0.1) is 0 Å². The van der Waals surface area contributed by atoms with Crippen LogP contribution in [0.4, 0.5) is 0 Å². The van der Waals surface area contributed by atoms with Gasteiger partial charge < -0.3 is 28.9 Å². The molecule has 0 unspecified atom stereocenters. The third-order valence-electron chi connectivity index (χ3n) is 4.98. The topological polar surface area (TPSA) is 110 Å². The van der Waals surface area contributed by atoms with Gasteiger partial charge in [0.15, 0.2) is 23.0 Å². The molecule has 2 aromatic carbocycles. The highest BCUT2D eigenvalue weighted by Gasteiger charge is 2.29. The van der Waals surface area contributed by atoms with Crippen LogP contribution in [-0.2, 0) is 21.0 Å². The summed E-state index contributed by atoms with van der Waals surface area (Å²) in [5, 5.41) is 9.97. The number of aliphatic carboxylic acids is 1. The van der Waals surface area contributed by atoms with E-state index in [1.807, 2.05) is 0 Å². The molecular weight excluding hydrogens is 432 g/mol. The van der Waals surface area contributed by atoms with E-state index >= 15 is 0 Å². The quantitative estimate of drug-likeness (QED) is 0.327. The Morgan fingerprint density at radius 3 is 2.03 bits per heavy atom. The molecule has 3 rings (SSSR count). The van der Waals surface area contributed by atoms with E-state index in [9.17, 15) is 14.7 Å². The van der Waals surface area contributed by atoms with Crippen LogP contribution < -0.4 is 18.9 Å². The van der Waals surface area contributed by atoms with Crippen LogP contribution >= 0.6 is 0 Å². The van der Waals surface area contributed by atoms with Crippen LogP contribution in [0.1, 0.15) is 15.9 Å². The van der Waals surface area contributed by atoms with Crippen LogP contribution in [0.15, 0.2) is 59.4 Å². The van der Waals surface area contributed by atoms with Crippen molar-refractivity contribution in [2.75, 3.05) is 35.0 Å². The molecule has 33 heavy (non-hydrogen) atoms. The highest BCUT2D eigenvalue weighted by Crippen LogP contribution is 2.39. The van der Waals surface area contributed by atoms with Gasteiger partial charge in [0.05, 0.1) is 28.4 Å². The van der Waals surface area contributed by atoms with E-state index in [2.05, 4.69) is 0 Å². The number of rotatable bonds is 10. The molecule has 0 aromatic heterocycles. The standard InChI is InChI=1S/C24H24O9/c1-28-16-7-5-15(6-8-16)22(25)17(21(24(26)27)18-9-10-32-33-18)11-14-12-19(29-2)23(31-4)20(13-14)30-3/h5-9,12-13H,10-11H2,1-4H3,(H,26,27). The largest absolute Gasteiger partial charge is 0.497 e. The van der Waals surface area contributed by atoms with Crippen molar-refractivity contribution in [3.63, 3.8) is 0 Å². The van der Waals surface area contributed by atoms with Gasteiger partial charge in [0.1, 0.15) is 17.9 Å². The summed E-state index contributed by atoms with van der Waals surface area (Å²) in [4.78, 5) is 35.6. The first-order chi connectivity index (χ1) is 15.9. The lowest BCUT2D eigenvalue weighted by Gasteiger charge is -2.16. The third kappa shape index (κ3) is 5.09. The van der Waals surface area contributed by atoms with Gasteiger partial charge in [-0.15, -0.1) is 0 Å². The van der Waals surface area contributed by atoms with E-state index in [0.717, 1.165) is 0 Å². The van der Waals surface area contributed by atoms with Crippen molar-refractivity contribution in [3.05, 3.63) is 70.5 Å². The number of carboxylic acids is 1. The average Bonchev–Trinajstić information content (AvgIpc) is 3.36. The predicted molar refractivity (Wildman–Crippen MR) is 117 cm³/mol. The molecule has 9 heteroatoms. The van der Waals surface area contributed by atoms with E-state index in [1.165, 1.54) is 34.5 Å². The second-order valence-corrected chi connectivity index (χ2v) is 6.86. The fourth-order valence-electron chi connectivity index (χ4n) is 3.41. The number of carboxylic acid groups (broad SMARTS) is 1. The minimum Gasteiger partial charge on any atom is -0.497 e. The molecule has 0 amide bonds. The van der Waals surface area contributed by atoms with E-state index in [1.54, 1.807) is 36.4 Å². The first-order valence-electron chi connectivity index (χ1n) is 9.87. The molecule has 0 radical (unpaired) electrons. The van der Waals surface area contributed by atoms with Crippen molar-refractivity contribution in [1.82, 2.24) is 0 Å². The van der Waals surface area contributed by atoms with Gasteiger partial charge in [-0.25, -0.2) is 4.79 Å². The van der Waals surface area contributed by atoms with Crippen LogP contribution in [-0.4, -0.2) is 51.9 Å². The van der Waals surface area contributed by atoms with Crippen molar-refractivity contribution in [1.29, 1.82) is 0 Å². The highest BCUT2D eigenvalue weighted by atomic mass is 17.2. The number of allylic oxidation sites excluding steroid dienone is 1. The Balaban J connectivity index is 2.16. The second-order valence-electron chi connectivity index (χ2n) is 6.86. The lowest BCUT2D eigenvalue weighted by Crippen LogP contribution is -2.16. The number of Topliss-reactive ketones (excluding diaryl/α,β-unsaturated/α-hetero) is 1. The molecule has 0 bridgehead atoms. The second kappa shape index (κ2) is 10.6. The van der Waals surface area contributed by atoms with E-state index < -0.39 is 11.8 Å². The minimum atomic E-state index is -1.32. The van der Waals surface area contributed by atoms with Crippen LogP contribution in [0.5, 0.6) is 23.0 Å². The van der Waals surface area contributed by atoms with Gasteiger partial charge in [0.25, 0.3) is 0 Å². The molecule has 0 atom stereocenters. The Hall–Kier alpha value is -3.98. The average molecular weight is 456 g/mol. The van der Waals surface area contributed by atoms with Gasteiger partial charge in [-0.05, 0) is 48.0 Å². The normalized spacial score (nSPS) is 13.4. The number of carbonyl (C=O) groups excluding carboxylic acids is 1. The number of hydrogen-bond acceptors (Lipinski definition) is 8. The first kappa shape index (κ1) is 23.7. The zero-order valence-corrected chi connectivity index (χ0v) is 18.7. The summed E-state index contributed by atoms with van der Waals surface area (Å²) in [6, 6.07) is 9.69. The van der Waals surface area contributed by atoms with Gasteiger partial charge in [0.2, 0.25) is 5.75 Å². The molecule has 0 saturated heterocycles. The summed E-state index contributed by atoms with van der Waals surface area (Å²) in [5.41, 5.74) is 0.567. The molecular formula is C24H24O9. The summed E-state index contributed by atoms with van der Waals surface area (Å²) in [6.07, 6.45) is 1.41. The number of benzene rings is 2. The van der Waals surface area contributed by atoms with Gasteiger partial charge in [-0.3, -0.25) is 4.79 Å². The Morgan fingerprint density at radius 1 is 0.939 bits per heavy atom. The molecule has 9 nitrogen and oxygen atoms in total. The van der Waals surface area contributed by atoms with Crippen molar-refractivity contribution in [2.24, 2.45) is 0 Å². The van der Waals surface area contributed by atoms with E-state index in [0.29, 0.717) is 28.6 Å². The van der Waals surface area contributed by atoms with Gasteiger partial charge in [0, 0.05) is 17.6 Å². The number of carbonyl (C=O) groups is 2. The zero-order valence-electron chi connectivity index (χ0n) is 18.7. The van der Waals surface area contributed by atoms with Crippen LogP contribution in [0.3, 0.4) is 0 Å². The summed E-state index contributed by atoms with van der Waals surface area (Å²) in [6.45, 7) is 0.0697. The number of ketones is 1. The lowest BCUT2D eigenvalue weighted by atomic mass is 9.91. The molecule has 1 aliphatic heterocycles. The third-order valence-corrected chi connectivity index (χ3v) is 4.98. The summed E-state index contributed by atoms with van der Waals surface area (Å²) in [5.74, 6) is -0.151. The molecule has 0 saturated carbocycles. The lowest BCUT2D eigenvalue weighted by molar-refractivity contribution is -0.231. The molecule has 0 aliphatic carbocycles. The SMILES string of the molecule is COc1ccc(C(=O)C(Cc2cc(OC)c(OC)c(OC)c2)=C(C(=O)O)C2=CCOO2)cc1. The van der Waals surface area contributed by atoms with Gasteiger partial charge >= 0.3 is 5.97 Å². The molecule has 1 N–H and O–H groups in total. The van der Waals surface area contributed by atoms with Crippen LogP contribution in [0.25, 0.3) is 0 Å². The van der Waals surface area contributed by atoms with E-state index in [-0.39, 0.29) is 35.5 Å². The zero-order chi connectivity index (χ0) is 24.0. The monoisotopic (exact) mass is 456 g/mol. The molecule has 1 heterocycles. The van der Waals surface area contributed by atoms with Crippen LogP contribution in [0.2, 0.25) is 0 Å². The smallest absolute Gasteiger partial charge is 0.340 e. The van der Waals surface area contributed by atoms with E-state index in [4.69, 9.17) is 28.7 Å². The highest BCUT2D eigenvalue weighted by molar-refractivity contribution is 6.14. The van der Waals surface area contributed by atoms with Crippen molar-refractivity contribution < 1.29 is 43.4 Å². The molecule has 0 fully saturated rings. The number of methoxy groups -OCH3 is 4.